The van der Waals surface area contributed by atoms with E-state index in [-0.39, 0.29) is 5.92 Å². The lowest BCUT2D eigenvalue weighted by Gasteiger charge is -2.33. The van der Waals surface area contributed by atoms with Crippen molar-refractivity contribution in [2.45, 2.75) is 45.3 Å². The number of benzene rings is 2. The third-order valence-electron chi connectivity index (χ3n) is 8.01. The van der Waals surface area contributed by atoms with Crippen molar-refractivity contribution in [2.24, 2.45) is 13.0 Å². The Morgan fingerprint density at radius 2 is 1.79 bits per heavy atom. The van der Waals surface area contributed by atoms with Gasteiger partial charge in [0.2, 0.25) is 0 Å². The van der Waals surface area contributed by atoms with Crippen molar-refractivity contribution in [1.29, 1.82) is 0 Å². The number of aliphatic hydroxyl groups is 1. The van der Waals surface area contributed by atoms with Crippen LogP contribution in [-0.2, 0) is 17.4 Å². The van der Waals surface area contributed by atoms with Crippen LogP contribution in [0.3, 0.4) is 0 Å². The SMILES string of the molecule is Cc1ncn(C)c1-c1cnc2c3ccc(C(C)(C)O)cc3n(C(c3ccc(F)cc3F)C3CCOCC3)c2c1. The largest absolute Gasteiger partial charge is 0.386 e. The van der Waals surface area contributed by atoms with Gasteiger partial charge in [-0.2, -0.15) is 0 Å². The molecule has 0 spiro atoms. The molecule has 0 radical (unpaired) electrons. The Labute approximate surface area is 225 Å². The van der Waals surface area contributed by atoms with Gasteiger partial charge in [-0.25, -0.2) is 13.8 Å². The van der Waals surface area contributed by atoms with E-state index in [4.69, 9.17) is 9.72 Å². The quantitative estimate of drug-likeness (QED) is 0.285. The Morgan fingerprint density at radius 1 is 1.03 bits per heavy atom. The standard InChI is InChI=1S/C31H32F2N4O2/c1-18-29(36(4)17-35-18)20-13-27-28(34-16-20)24-7-5-21(31(2,3)38)14-26(24)37(27)30(19-9-11-39-12-10-19)23-8-6-22(32)15-25(23)33/h5-8,13-17,19,30,38H,9-12H2,1-4H3. The number of pyridine rings is 1. The summed E-state index contributed by atoms with van der Waals surface area (Å²) in [5, 5.41) is 11.8. The molecule has 3 aromatic heterocycles. The van der Waals surface area contributed by atoms with Gasteiger partial charge >= 0.3 is 0 Å². The number of hydrogen-bond donors (Lipinski definition) is 1. The molecule has 8 heteroatoms. The van der Waals surface area contributed by atoms with Crippen molar-refractivity contribution >= 4 is 21.9 Å². The van der Waals surface area contributed by atoms with Crippen LogP contribution in [0.4, 0.5) is 8.78 Å². The van der Waals surface area contributed by atoms with E-state index >= 15 is 4.39 Å². The molecule has 1 fully saturated rings. The number of ether oxygens (including phenoxy) is 1. The molecule has 0 saturated carbocycles. The Kier molecular flexibility index (Phi) is 6.27. The van der Waals surface area contributed by atoms with Gasteiger partial charge in [0.25, 0.3) is 0 Å². The fourth-order valence-corrected chi connectivity index (χ4v) is 6.05. The number of hydrogen-bond acceptors (Lipinski definition) is 4. The van der Waals surface area contributed by atoms with E-state index in [2.05, 4.69) is 15.6 Å². The normalized spacial score (nSPS) is 15.9. The molecule has 1 aliphatic heterocycles. The van der Waals surface area contributed by atoms with E-state index in [1.807, 2.05) is 42.9 Å². The molecule has 202 valence electrons. The number of aromatic nitrogens is 4. The zero-order chi connectivity index (χ0) is 27.5. The summed E-state index contributed by atoms with van der Waals surface area (Å²) >= 11 is 0. The van der Waals surface area contributed by atoms with Gasteiger partial charge in [-0.15, -0.1) is 0 Å². The van der Waals surface area contributed by atoms with Gasteiger partial charge < -0.3 is 19.0 Å². The second-order valence-electron chi connectivity index (χ2n) is 11.1. The lowest BCUT2D eigenvalue weighted by molar-refractivity contribution is 0.0548. The molecule has 0 amide bonds. The molecular weight excluding hydrogens is 498 g/mol. The van der Waals surface area contributed by atoms with Crippen molar-refractivity contribution < 1.29 is 18.6 Å². The number of fused-ring (bicyclic) bond motifs is 3. The highest BCUT2D eigenvalue weighted by molar-refractivity contribution is 6.07. The topological polar surface area (TPSA) is 65.1 Å². The zero-order valence-corrected chi connectivity index (χ0v) is 22.6. The summed E-state index contributed by atoms with van der Waals surface area (Å²) < 4.78 is 39.4. The molecule has 39 heavy (non-hydrogen) atoms. The Hall–Kier alpha value is -3.62. The highest BCUT2D eigenvalue weighted by atomic mass is 19.1. The first-order chi connectivity index (χ1) is 18.6. The minimum atomic E-state index is -1.07. The van der Waals surface area contributed by atoms with Crippen LogP contribution in [0, 0.1) is 24.5 Å². The van der Waals surface area contributed by atoms with Crippen LogP contribution in [0.5, 0.6) is 0 Å². The van der Waals surface area contributed by atoms with Crippen molar-refractivity contribution in [3.8, 4) is 11.3 Å². The number of aryl methyl sites for hydroxylation is 2. The molecule has 2 aromatic carbocycles. The van der Waals surface area contributed by atoms with Crippen molar-refractivity contribution in [2.75, 3.05) is 13.2 Å². The van der Waals surface area contributed by atoms with Gasteiger partial charge in [-0.3, -0.25) is 4.98 Å². The lowest BCUT2D eigenvalue weighted by Crippen LogP contribution is -2.27. The van der Waals surface area contributed by atoms with Gasteiger partial charge in [0.15, 0.2) is 0 Å². The summed E-state index contributed by atoms with van der Waals surface area (Å²) in [5.41, 5.74) is 5.31. The summed E-state index contributed by atoms with van der Waals surface area (Å²) in [4.78, 5) is 9.37. The van der Waals surface area contributed by atoms with Crippen LogP contribution in [0.2, 0.25) is 0 Å². The molecule has 4 heterocycles. The van der Waals surface area contributed by atoms with Crippen LogP contribution in [0.25, 0.3) is 33.2 Å². The summed E-state index contributed by atoms with van der Waals surface area (Å²) in [6, 6.07) is 11.4. The number of rotatable bonds is 5. The predicted molar refractivity (Wildman–Crippen MR) is 147 cm³/mol. The van der Waals surface area contributed by atoms with E-state index in [9.17, 15) is 9.50 Å². The molecule has 1 atom stereocenters. The maximum Gasteiger partial charge on any atom is 0.131 e. The number of imidazole rings is 1. The Balaban J connectivity index is 1.71. The number of nitrogens with zero attached hydrogens (tertiary/aromatic N) is 4. The van der Waals surface area contributed by atoms with Crippen molar-refractivity contribution in [3.05, 3.63) is 83.4 Å². The van der Waals surface area contributed by atoms with Crippen molar-refractivity contribution in [1.82, 2.24) is 19.1 Å². The van der Waals surface area contributed by atoms with Gasteiger partial charge in [-0.1, -0.05) is 18.2 Å². The third-order valence-corrected chi connectivity index (χ3v) is 8.01. The first-order valence-corrected chi connectivity index (χ1v) is 13.3. The number of halogens is 2. The Bertz CT molecular complexity index is 1670. The van der Waals surface area contributed by atoms with Crippen LogP contribution in [0.15, 0.2) is 55.0 Å². The molecule has 1 aliphatic rings. The first kappa shape index (κ1) is 25.6. The second-order valence-corrected chi connectivity index (χ2v) is 11.1. The van der Waals surface area contributed by atoms with E-state index in [1.54, 1.807) is 26.2 Å². The van der Waals surface area contributed by atoms with Gasteiger partial charge in [-0.05, 0) is 63.3 Å². The monoisotopic (exact) mass is 530 g/mol. The summed E-state index contributed by atoms with van der Waals surface area (Å²) in [6.07, 6.45) is 5.10. The second kappa shape index (κ2) is 9.54. The fourth-order valence-electron chi connectivity index (χ4n) is 6.05. The molecule has 1 N–H and O–H groups in total. The molecule has 6 rings (SSSR count). The van der Waals surface area contributed by atoms with Gasteiger partial charge in [0.1, 0.15) is 11.6 Å². The van der Waals surface area contributed by atoms with E-state index in [0.29, 0.717) is 18.8 Å². The fraction of sp³-hybridized carbons (Fsp3) is 0.355. The van der Waals surface area contributed by atoms with E-state index in [0.717, 1.165) is 63.4 Å². The minimum Gasteiger partial charge on any atom is -0.386 e. The first-order valence-electron chi connectivity index (χ1n) is 13.3. The molecule has 1 unspecified atom stereocenters. The average molecular weight is 531 g/mol. The van der Waals surface area contributed by atoms with Gasteiger partial charge in [0.05, 0.1) is 45.9 Å². The van der Waals surface area contributed by atoms with Gasteiger partial charge in [0, 0.05) is 49.0 Å². The van der Waals surface area contributed by atoms with E-state index in [1.165, 1.54) is 6.07 Å². The average Bonchev–Trinajstić information content (AvgIpc) is 3.41. The van der Waals surface area contributed by atoms with Crippen LogP contribution in [0.1, 0.15) is 49.6 Å². The smallest absolute Gasteiger partial charge is 0.131 e. The van der Waals surface area contributed by atoms with Crippen LogP contribution < -0.4 is 0 Å². The Morgan fingerprint density at radius 3 is 2.46 bits per heavy atom. The maximum atomic E-state index is 15.6. The highest BCUT2D eigenvalue weighted by Gasteiger charge is 2.33. The van der Waals surface area contributed by atoms with E-state index < -0.39 is 23.3 Å². The zero-order valence-electron chi connectivity index (χ0n) is 22.6. The summed E-state index contributed by atoms with van der Waals surface area (Å²) in [7, 11) is 1.95. The molecule has 6 nitrogen and oxygen atoms in total. The molecule has 5 aromatic rings. The molecule has 1 saturated heterocycles. The minimum absolute atomic E-state index is 0.0467. The predicted octanol–water partition coefficient (Wildman–Crippen LogP) is 6.42. The highest BCUT2D eigenvalue weighted by Crippen LogP contribution is 2.42. The summed E-state index contributed by atoms with van der Waals surface area (Å²) in [6.45, 7) is 6.61. The maximum absolute atomic E-state index is 15.6. The molecule has 0 aliphatic carbocycles. The molecule has 0 bridgehead atoms. The van der Waals surface area contributed by atoms with Crippen LogP contribution in [-0.4, -0.2) is 37.4 Å². The molecular formula is C31H32F2N4O2. The van der Waals surface area contributed by atoms with Crippen molar-refractivity contribution in [3.63, 3.8) is 0 Å². The van der Waals surface area contributed by atoms with Crippen LogP contribution >= 0.6 is 0 Å². The third kappa shape index (κ3) is 4.41. The lowest BCUT2D eigenvalue weighted by atomic mass is 9.86. The summed E-state index contributed by atoms with van der Waals surface area (Å²) in [5.74, 6) is -1.14.